The minimum absolute atomic E-state index is 0.0430. The van der Waals surface area contributed by atoms with E-state index in [1.54, 1.807) is 6.08 Å². The molecular formula is C57H100N2O6P+. The number of carbonyl (C=O) groups excluding carboxylic acids is 1. The molecule has 0 aromatic heterocycles. The Labute approximate surface area is 406 Å². The third-order valence-electron chi connectivity index (χ3n) is 11.0. The van der Waals surface area contributed by atoms with Gasteiger partial charge in [0.15, 0.2) is 0 Å². The van der Waals surface area contributed by atoms with Crippen LogP contribution in [0.5, 0.6) is 0 Å². The van der Waals surface area contributed by atoms with Crippen molar-refractivity contribution in [2.24, 2.45) is 0 Å². The van der Waals surface area contributed by atoms with Crippen LogP contribution in [0.25, 0.3) is 0 Å². The van der Waals surface area contributed by atoms with Crippen LogP contribution in [-0.2, 0) is 18.4 Å². The van der Waals surface area contributed by atoms with Gasteiger partial charge >= 0.3 is 7.82 Å². The molecule has 0 saturated heterocycles. The molecule has 0 saturated carbocycles. The summed E-state index contributed by atoms with van der Waals surface area (Å²) in [5, 5.41) is 13.9. The molecule has 9 heteroatoms. The minimum Gasteiger partial charge on any atom is -0.387 e. The Balaban J connectivity index is 4.45. The van der Waals surface area contributed by atoms with Gasteiger partial charge in [0.05, 0.1) is 39.9 Å². The number of likely N-dealkylation sites (N-methyl/N-ethyl adjacent to an activating group) is 1. The number of nitrogens with one attached hydrogen (secondary N) is 1. The second-order valence-corrected chi connectivity index (χ2v) is 20.0. The maximum absolute atomic E-state index is 12.9. The van der Waals surface area contributed by atoms with Crippen LogP contribution in [0.3, 0.4) is 0 Å². The van der Waals surface area contributed by atoms with Gasteiger partial charge in [-0.3, -0.25) is 13.8 Å². The highest BCUT2D eigenvalue weighted by Crippen LogP contribution is 2.43. The van der Waals surface area contributed by atoms with E-state index in [0.717, 1.165) is 83.5 Å². The first kappa shape index (κ1) is 63.2. The van der Waals surface area contributed by atoms with Crippen molar-refractivity contribution >= 4 is 13.7 Å². The number of hydrogen-bond acceptors (Lipinski definition) is 5. The van der Waals surface area contributed by atoms with Gasteiger partial charge in [-0.15, -0.1) is 0 Å². The van der Waals surface area contributed by atoms with E-state index in [1.807, 2.05) is 27.2 Å². The molecule has 0 heterocycles. The smallest absolute Gasteiger partial charge is 0.387 e. The molecule has 0 rings (SSSR count). The Morgan fingerprint density at radius 3 is 1.39 bits per heavy atom. The predicted molar refractivity (Wildman–Crippen MR) is 285 cm³/mol. The van der Waals surface area contributed by atoms with Crippen LogP contribution in [0.1, 0.15) is 194 Å². The van der Waals surface area contributed by atoms with Crippen LogP contribution in [0.2, 0.25) is 0 Å². The summed E-state index contributed by atoms with van der Waals surface area (Å²) in [6.07, 6.45) is 68.9. The van der Waals surface area contributed by atoms with Crippen LogP contribution in [0.15, 0.2) is 109 Å². The van der Waals surface area contributed by atoms with Gasteiger partial charge in [0.25, 0.3) is 0 Å². The quantitative estimate of drug-likeness (QED) is 0.0243. The van der Waals surface area contributed by atoms with Crippen molar-refractivity contribution in [2.45, 2.75) is 206 Å². The zero-order chi connectivity index (χ0) is 48.5. The zero-order valence-electron chi connectivity index (χ0n) is 42.9. The third kappa shape index (κ3) is 49.1. The molecule has 0 aromatic carbocycles. The third-order valence-corrected chi connectivity index (χ3v) is 12.0. The first-order valence-corrected chi connectivity index (χ1v) is 27.8. The van der Waals surface area contributed by atoms with Crippen LogP contribution in [0, 0.1) is 0 Å². The number of aliphatic hydroxyl groups excluding tert-OH is 1. The number of allylic oxidation sites excluding steroid dienone is 17. The summed E-state index contributed by atoms with van der Waals surface area (Å²) >= 11 is 0. The lowest BCUT2D eigenvalue weighted by Crippen LogP contribution is -2.45. The molecule has 0 aromatic rings. The van der Waals surface area contributed by atoms with E-state index in [2.05, 4.69) is 116 Å². The molecule has 3 N–H and O–H groups in total. The van der Waals surface area contributed by atoms with E-state index < -0.39 is 20.0 Å². The lowest BCUT2D eigenvalue weighted by atomic mass is 10.0. The van der Waals surface area contributed by atoms with Crippen LogP contribution in [0.4, 0.5) is 0 Å². The number of nitrogens with zero attached hydrogens (tertiary/aromatic N) is 1. The summed E-state index contributed by atoms with van der Waals surface area (Å²) in [7, 11) is 1.51. The molecule has 378 valence electrons. The lowest BCUT2D eigenvalue weighted by molar-refractivity contribution is -0.870. The molecule has 1 amide bonds. The Morgan fingerprint density at radius 2 is 0.924 bits per heavy atom. The highest BCUT2D eigenvalue weighted by molar-refractivity contribution is 7.47. The molecule has 0 radical (unpaired) electrons. The molecule has 0 aliphatic rings. The molecule has 3 unspecified atom stereocenters. The van der Waals surface area contributed by atoms with E-state index in [1.165, 1.54) is 83.5 Å². The average molecular weight is 940 g/mol. The lowest BCUT2D eigenvalue weighted by Gasteiger charge is -2.25. The standard InChI is InChI=1S/C57H99N2O6P/c1-6-8-10-12-14-16-18-20-22-24-26-27-28-29-30-31-33-35-37-39-41-43-45-47-49-51-57(61)58-55(54-65-66(62,63)64-53-52-59(3,4)5)56(60)50-48-46-44-42-40-38-36-34-32-25-23-21-19-17-15-13-11-9-7-2/h8,10,14,16,20,22,26-27,29-30,33,35,39-42,48,50,55-56,60H,6-7,9,11-13,15,17-19,21,23-25,28,31-32,34,36-38,43-47,49,51-54H2,1-5H3,(H-,58,61,62,63)/p+1/b10-8-,16-14-,22-20-,27-26-,30-29-,35-33-,41-39-,42-40+,50-48+. The van der Waals surface area contributed by atoms with Crippen molar-refractivity contribution in [1.29, 1.82) is 0 Å². The normalized spacial score (nSPS) is 15.0. The SMILES string of the molecule is CC/C=C\C/C=C\C/C=C\C/C=C\C/C=C\C/C=C\C/C=C\CCCCCC(=O)NC(COP(=O)(O)OCC[N+](C)(C)C)C(O)/C=C/CC/C=C/CCCCCCCCCCCCCCC. The largest absolute Gasteiger partial charge is 0.472 e. The first-order chi connectivity index (χ1) is 32.0. The Bertz CT molecular complexity index is 1440. The van der Waals surface area contributed by atoms with Crippen molar-refractivity contribution in [1.82, 2.24) is 5.32 Å². The molecule has 0 fully saturated rings. The van der Waals surface area contributed by atoms with E-state index in [9.17, 15) is 19.4 Å². The number of carbonyl (C=O) groups is 1. The number of quaternary nitrogens is 1. The summed E-state index contributed by atoms with van der Waals surface area (Å²) < 4.78 is 23.6. The zero-order valence-corrected chi connectivity index (χ0v) is 43.8. The van der Waals surface area contributed by atoms with Gasteiger partial charge in [0.2, 0.25) is 5.91 Å². The van der Waals surface area contributed by atoms with E-state index >= 15 is 0 Å². The molecule has 0 aliphatic carbocycles. The number of phosphoric ester groups is 1. The predicted octanol–water partition coefficient (Wildman–Crippen LogP) is 15.6. The van der Waals surface area contributed by atoms with Crippen LogP contribution >= 0.6 is 7.82 Å². The van der Waals surface area contributed by atoms with E-state index in [-0.39, 0.29) is 19.1 Å². The van der Waals surface area contributed by atoms with E-state index in [4.69, 9.17) is 9.05 Å². The summed E-state index contributed by atoms with van der Waals surface area (Å²) in [5.41, 5.74) is 0. The monoisotopic (exact) mass is 940 g/mol. The van der Waals surface area contributed by atoms with Crippen molar-refractivity contribution in [2.75, 3.05) is 40.9 Å². The molecule has 0 bridgehead atoms. The molecule has 66 heavy (non-hydrogen) atoms. The number of aliphatic hydroxyl groups is 1. The molecule has 0 spiro atoms. The van der Waals surface area contributed by atoms with Crippen molar-refractivity contribution in [3.63, 3.8) is 0 Å². The van der Waals surface area contributed by atoms with E-state index in [0.29, 0.717) is 23.9 Å². The van der Waals surface area contributed by atoms with Crippen molar-refractivity contribution in [3.8, 4) is 0 Å². The number of rotatable bonds is 46. The van der Waals surface area contributed by atoms with Crippen molar-refractivity contribution in [3.05, 3.63) is 109 Å². The van der Waals surface area contributed by atoms with Crippen LogP contribution in [-0.4, -0.2) is 73.4 Å². The van der Waals surface area contributed by atoms with Crippen LogP contribution < -0.4 is 5.32 Å². The fraction of sp³-hybridized carbons (Fsp3) is 0.667. The van der Waals surface area contributed by atoms with Gasteiger partial charge in [-0.05, 0) is 89.9 Å². The Morgan fingerprint density at radius 1 is 0.530 bits per heavy atom. The topological polar surface area (TPSA) is 105 Å². The Hall–Kier alpha value is -2.84. The first-order valence-electron chi connectivity index (χ1n) is 26.3. The second-order valence-electron chi connectivity index (χ2n) is 18.5. The van der Waals surface area contributed by atoms with Gasteiger partial charge in [0, 0.05) is 6.42 Å². The highest BCUT2D eigenvalue weighted by atomic mass is 31.2. The van der Waals surface area contributed by atoms with Gasteiger partial charge in [-0.1, -0.05) is 207 Å². The average Bonchev–Trinajstić information content (AvgIpc) is 3.28. The number of hydrogen-bond donors (Lipinski definition) is 3. The number of unbranched alkanes of at least 4 members (excludes halogenated alkanes) is 17. The van der Waals surface area contributed by atoms with Gasteiger partial charge in [-0.25, -0.2) is 4.57 Å². The molecule has 8 nitrogen and oxygen atoms in total. The van der Waals surface area contributed by atoms with Gasteiger partial charge in [-0.2, -0.15) is 0 Å². The summed E-state index contributed by atoms with van der Waals surface area (Å²) in [6, 6.07) is -0.890. The fourth-order valence-corrected chi connectivity index (χ4v) is 7.60. The fourth-order valence-electron chi connectivity index (χ4n) is 6.86. The van der Waals surface area contributed by atoms with Crippen molar-refractivity contribution < 1.29 is 32.9 Å². The number of phosphoric acid groups is 1. The molecular weight excluding hydrogens is 840 g/mol. The molecule has 3 atom stereocenters. The second kappa shape index (κ2) is 47.2. The highest BCUT2D eigenvalue weighted by Gasteiger charge is 2.27. The maximum atomic E-state index is 12.9. The summed E-state index contributed by atoms with van der Waals surface area (Å²) in [5.74, 6) is -0.223. The number of amides is 1. The van der Waals surface area contributed by atoms with Gasteiger partial charge in [0.1, 0.15) is 13.2 Å². The van der Waals surface area contributed by atoms with Gasteiger partial charge < -0.3 is 19.8 Å². The Kier molecular flexibility index (Phi) is 45.2. The summed E-state index contributed by atoms with van der Waals surface area (Å²) in [6.45, 7) is 4.64. The summed E-state index contributed by atoms with van der Waals surface area (Å²) in [4.78, 5) is 23.2. The minimum atomic E-state index is -4.37. The maximum Gasteiger partial charge on any atom is 0.472 e. The molecule has 0 aliphatic heterocycles.